The number of aromatic nitrogens is 1. The SMILES string of the molecule is CC1CCCN(CCc2nc(C3CC3)c(CS)s2)C1. The van der Waals surface area contributed by atoms with Gasteiger partial charge >= 0.3 is 0 Å². The van der Waals surface area contributed by atoms with E-state index in [1.54, 1.807) is 0 Å². The van der Waals surface area contributed by atoms with Gasteiger partial charge in [0.05, 0.1) is 10.7 Å². The molecule has 19 heavy (non-hydrogen) atoms. The highest BCUT2D eigenvalue weighted by molar-refractivity contribution is 7.79. The fraction of sp³-hybridized carbons (Fsp3) is 0.800. The lowest BCUT2D eigenvalue weighted by Gasteiger charge is -2.30. The van der Waals surface area contributed by atoms with Gasteiger partial charge in [-0.25, -0.2) is 4.98 Å². The second-order valence-corrected chi connectivity index (χ2v) is 7.63. The zero-order chi connectivity index (χ0) is 13.2. The summed E-state index contributed by atoms with van der Waals surface area (Å²) in [4.78, 5) is 8.93. The van der Waals surface area contributed by atoms with Crippen LogP contribution in [0.1, 0.15) is 54.1 Å². The van der Waals surface area contributed by atoms with Crippen LogP contribution in [0.3, 0.4) is 0 Å². The molecular formula is C15H24N2S2. The molecule has 1 aliphatic carbocycles. The number of thiazole rings is 1. The van der Waals surface area contributed by atoms with E-state index in [2.05, 4.69) is 24.5 Å². The van der Waals surface area contributed by atoms with E-state index in [0.29, 0.717) is 0 Å². The first kappa shape index (κ1) is 13.9. The summed E-state index contributed by atoms with van der Waals surface area (Å²) in [5.74, 6) is 2.51. The van der Waals surface area contributed by atoms with Crippen molar-refractivity contribution < 1.29 is 0 Å². The maximum Gasteiger partial charge on any atom is 0.0944 e. The van der Waals surface area contributed by atoms with Crippen molar-refractivity contribution in [1.29, 1.82) is 0 Å². The molecule has 0 spiro atoms. The van der Waals surface area contributed by atoms with Crippen LogP contribution in [0.25, 0.3) is 0 Å². The lowest BCUT2D eigenvalue weighted by atomic mass is 10.0. The Morgan fingerprint density at radius 2 is 2.21 bits per heavy atom. The molecule has 1 saturated heterocycles. The fourth-order valence-corrected chi connectivity index (χ4v) is 4.41. The third-order valence-corrected chi connectivity index (χ3v) is 5.92. The van der Waals surface area contributed by atoms with Crippen molar-refractivity contribution in [3.05, 3.63) is 15.6 Å². The summed E-state index contributed by atoms with van der Waals surface area (Å²) in [5.41, 5.74) is 1.38. The molecule has 1 aliphatic heterocycles. The number of likely N-dealkylation sites (tertiary alicyclic amines) is 1. The van der Waals surface area contributed by atoms with Crippen molar-refractivity contribution in [3.63, 3.8) is 0 Å². The number of hydrogen-bond donors (Lipinski definition) is 1. The predicted molar refractivity (Wildman–Crippen MR) is 85.3 cm³/mol. The molecule has 0 bridgehead atoms. The van der Waals surface area contributed by atoms with Gasteiger partial charge in [0.2, 0.25) is 0 Å². The smallest absolute Gasteiger partial charge is 0.0944 e. The van der Waals surface area contributed by atoms with Crippen LogP contribution in [0.5, 0.6) is 0 Å². The van der Waals surface area contributed by atoms with Gasteiger partial charge in [-0.2, -0.15) is 12.6 Å². The summed E-state index contributed by atoms with van der Waals surface area (Å²) in [6, 6.07) is 0. The van der Waals surface area contributed by atoms with Crippen LogP contribution in [-0.4, -0.2) is 29.5 Å². The van der Waals surface area contributed by atoms with E-state index < -0.39 is 0 Å². The molecule has 0 N–H and O–H groups in total. The van der Waals surface area contributed by atoms with Crippen LogP contribution in [0.15, 0.2) is 0 Å². The summed E-state index contributed by atoms with van der Waals surface area (Å²) >= 11 is 6.36. The summed E-state index contributed by atoms with van der Waals surface area (Å²) in [7, 11) is 0. The second-order valence-electron chi connectivity index (χ2n) is 6.15. The van der Waals surface area contributed by atoms with E-state index in [9.17, 15) is 0 Å². The topological polar surface area (TPSA) is 16.1 Å². The molecule has 3 rings (SSSR count). The molecular weight excluding hydrogens is 272 g/mol. The Hall–Kier alpha value is -0.0600. The Morgan fingerprint density at radius 1 is 1.37 bits per heavy atom. The predicted octanol–water partition coefficient (Wildman–Crippen LogP) is 3.72. The highest BCUT2D eigenvalue weighted by Gasteiger charge is 2.29. The minimum atomic E-state index is 0.766. The average Bonchev–Trinajstić information content (AvgIpc) is 3.17. The molecule has 106 valence electrons. The van der Waals surface area contributed by atoms with E-state index in [1.165, 1.54) is 60.9 Å². The van der Waals surface area contributed by atoms with Gasteiger partial charge in [0, 0.05) is 36.1 Å². The molecule has 0 aromatic carbocycles. The zero-order valence-electron chi connectivity index (χ0n) is 11.8. The van der Waals surface area contributed by atoms with E-state index >= 15 is 0 Å². The van der Waals surface area contributed by atoms with Crippen molar-refractivity contribution in [2.45, 2.75) is 50.7 Å². The van der Waals surface area contributed by atoms with Gasteiger partial charge in [-0.15, -0.1) is 11.3 Å². The van der Waals surface area contributed by atoms with Gasteiger partial charge in [0.1, 0.15) is 0 Å². The number of piperidine rings is 1. The minimum Gasteiger partial charge on any atom is -0.303 e. The first-order valence-corrected chi connectivity index (χ1v) is 9.03. The van der Waals surface area contributed by atoms with Gasteiger partial charge < -0.3 is 4.90 Å². The molecule has 1 unspecified atom stereocenters. The third-order valence-electron chi connectivity index (χ3n) is 4.26. The standard InChI is InChI=1S/C15H24N2S2/c1-11-3-2-7-17(9-11)8-6-14-16-15(12-4-5-12)13(10-18)19-14/h11-12,18H,2-10H2,1H3. The Balaban J connectivity index is 1.57. The van der Waals surface area contributed by atoms with E-state index in [-0.39, 0.29) is 0 Å². The Morgan fingerprint density at radius 3 is 2.89 bits per heavy atom. The van der Waals surface area contributed by atoms with Crippen LogP contribution in [0.4, 0.5) is 0 Å². The monoisotopic (exact) mass is 296 g/mol. The van der Waals surface area contributed by atoms with Gasteiger partial charge in [-0.3, -0.25) is 0 Å². The van der Waals surface area contributed by atoms with Crippen LogP contribution in [0, 0.1) is 5.92 Å². The zero-order valence-corrected chi connectivity index (χ0v) is 13.5. The Kier molecular flexibility index (Phi) is 4.50. The molecule has 4 heteroatoms. The normalized spacial score (nSPS) is 24.8. The largest absolute Gasteiger partial charge is 0.303 e. The van der Waals surface area contributed by atoms with Crippen molar-refractivity contribution in [1.82, 2.24) is 9.88 Å². The highest BCUT2D eigenvalue weighted by atomic mass is 32.1. The van der Waals surface area contributed by atoms with Crippen LogP contribution in [0.2, 0.25) is 0 Å². The molecule has 2 nitrogen and oxygen atoms in total. The number of hydrogen-bond acceptors (Lipinski definition) is 4. The van der Waals surface area contributed by atoms with Crippen LogP contribution < -0.4 is 0 Å². The molecule has 2 heterocycles. The maximum absolute atomic E-state index is 4.89. The third kappa shape index (κ3) is 3.53. The summed E-state index contributed by atoms with van der Waals surface area (Å²) in [6.45, 7) is 6.12. The maximum atomic E-state index is 4.89. The summed E-state index contributed by atoms with van der Waals surface area (Å²) in [6.07, 6.45) is 6.59. The molecule has 2 fully saturated rings. The van der Waals surface area contributed by atoms with Gasteiger partial charge in [-0.1, -0.05) is 6.92 Å². The van der Waals surface area contributed by atoms with E-state index in [0.717, 1.165) is 24.0 Å². The Labute approximate surface area is 126 Å². The lowest BCUT2D eigenvalue weighted by Crippen LogP contribution is -2.35. The number of nitrogens with zero attached hydrogens (tertiary/aromatic N) is 2. The second kappa shape index (κ2) is 6.15. The molecule has 1 saturated carbocycles. The first-order valence-electron chi connectivity index (χ1n) is 7.58. The van der Waals surface area contributed by atoms with Gasteiger partial charge in [-0.05, 0) is 38.1 Å². The van der Waals surface area contributed by atoms with Crippen LogP contribution >= 0.6 is 24.0 Å². The van der Waals surface area contributed by atoms with Crippen molar-refractivity contribution in [2.75, 3.05) is 19.6 Å². The van der Waals surface area contributed by atoms with Crippen molar-refractivity contribution in [2.24, 2.45) is 5.92 Å². The van der Waals surface area contributed by atoms with Gasteiger partial charge in [0.15, 0.2) is 0 Å². The number of rotatable bonds is 5. The molecule has 2 aliphatic rings. The quantitative estimate of drug-likeness (QED) is 0.834. The molecule has 1 aromatic heterocycles. The number of thiol groups is 1. The lowest BCUT2D eigenvalue weighted by molar-refractivity contribution is 0.186. The molecule has 0 amide bonds. The molecule has 0 radical (unpaired) electrons. The van der Waals surface area contributed by atoms with Crippen LogP contribution in [-0.2, 0) is 12.2 Å². The molecule has 1 aromatic rings. The summed E-state index contributed by atoms with van der Waals surface area (Å²) in [5, 5.41) is 1.34. The van der Waals surface area contributed by atoms with E-state index in [1.807, 2.05) is 11.3 Å². The fourth-order valence-electron chi connectivity index (χ4n) is 3.05. The molecule has 1 atom stereocenters. The minimum absolute atomic E-state index is 0.766. The van der Waals surface area contributed by atoms with Crippen molar-refractivity contribution in [3.8, 4) is 0 Å². The van der Waals surface area contributed by atoms with Crippen molar-refractivity contribution >= 4 is 24.0 Å². The first-order chi connectivity index (χ1) is 9.26. The van der Waals surface area contributed by atoms with Gasteiger partial charge in [0.25, 0.3) is 0 Å². The summed E-state index contributed by atoms with van der Waals surface area (Å²) < 4.78 is 0. The Bertz CT molecular complexity index is 426. The van der Waals surface area contributed by atoms with E-state index in [4.69, 9.17) is 4.98 Å². The average molecular weight is 297 g/mol. The highest BCUT2D eigenvalue weighted by Crippen LogP contribution is 2.43.